The van der Waals surface area contributed by atoms with E-state index in [1.807, 2.05) is 60.7 Å². The Bertz CT molecular complexity index is 1110. The van der Waals surface area contributed by atoms with Crippen molar-refractivity contribution in [2.24, 2.45) is 5.73 Å². The molecule has 0 aliphatic carbocycles. The van der Waals surface area contributed by atoms with Crippen LogP contribution in [0.1, 0.15) is 10.8 Å². The molecule has 29 heavy (non-hydrogen) atoms. The molecule has 0 spiro atoms. The van der Waals surface area contributed by atoms with Gasteiger partial charge in [-0.1, -0.05) is 72.4 Å². The molecule has 4 rings (SSSR count). The van der Waals surface area contributed by atoms with Crippen molar-refractivity contribution in [1.82, 2.24) is 14.8 Å². The van der Waals surface area contributed by atoms with Crippen molar-refractivity contribution >= 4 is 17.7 Å². The largest absolute Gasteiger partial charge is 0.368 e. The Balaban J connectivity index is 1.82. The highest BCUT2D eigenvalue weighted by atomic mass is 32.2. The number of benzene rings is 3. The summed E-state index contributed by atoms with van der Waals surface area (Å²) in [5, 5.41) is 8.50. The summed E-state index contributed by atoms with van der Waals surface area (Å²) in [6, 6.07) is 24.9. The zero-order valence-corrected chi connectivity index (χ0v) is 16.1. The SMILES string of the molecule is NC(=O)C(Sc1nnc(-c2ccccc2)n1-c1ccc(F)cc1)c1ccccc1. The van der Waals surface area contributed by atoms with Crippen LogP contribution in [0.25, 0.3) is 17.1 Å². The lowest BCUT2D eigenvalue weighted by Crippen LogP contribution is -2.19. The quantitative estimate of drug-likeness (QED) is 0.484. The van der Waals surface area contributed by atoms with E-state index >= 15 is 0 Å². The first-order valence-corrected chi connectivity index (χ1v) is 9.79. The Morgan fingerprint density at radius 3 is 2.14 bits per heavy atom. The summed E-state index contributed by atoms with van der Waals surface area (Å²) in [6.45, 7) is 0. The number of carbonyl (C=O) groups is 1. The van der Waals surface area contributed by atoms with Crippen molar-refractivity contribution < 1.29 is 9.18 Å². The minimum atomic E-state index is -0.636. The van der Waals surface area contributed by atoms with E-state index in [4.69, 9.17) is 5.73 Å². The van der Waals surface area contributed by atoms with Gasteiger partial charge in [-0.2, -0.15) is 0 Å². The number of thioether (sulfide) groups is 1. The third-order valence-corrected chi connectivity index (χ3v) is 5.55. The first-order chi connectivity index (χ1) is 14.1. The molecule has 4 aromatic rings. The second-order valence-corrected chi connectivity index (χ2v) is 7.37. The average Bonchev–Trinajstić information content (AvgIpc) is 3.17. The minimum Gasteiger partial charge on any atom is -0.368 e. The monoisotopic (exact) mass is 404 g/mol. The summed E-state index contributed by atoms with van der Waals surface area (Å²) in [5.74, 6) is -0.219. The number of halogens is 1. The first-order valence-electron chi connectivity index (χ1n) is 8.91. The third-order valence-electron chi connectivity index (χ3n) is 4.33. The van der Waals surface area contributed by atoms with E-state index in [0.717, 1.165) is 11.1 Å². The standard InChI is InChI=1S/C22H17FN4OS/c23-17-11-13-18(14-12-17)27-21(16-9-5-2-6-10-16)25-26-22(27)29-19(20(24)28)15-7-3-1-4-8-15/h1-14,19H,(H2,24,28). The fourth-order valence-electron chi connectivity index (χ4n) is 2.97. The number of rotatable bonds is 6. The van der Waals surface area contributed by atoms with Crippen LogP contribution in [0.5, 0.6) is 0 Å². The third kappa shape index (κ3) is 4.05. The van der Waals surface area contributed by atoms with E-state index in [2.05, 4.69) is 10.2 Å². The van der Waals surface area contributed by atoms with Crippen molar-refractivity contribution in [2.75, 3.05) is 0 Å². The molecule has 0 bridgehead atoms. The maximum Gasteiger partial charge on any atom is 0.235 e. The number of hydrogen-bond donors (Lipinski definition) is 1. The Morgan fingerprint density at radius 1 is 0.897 bits per heavy atom. The molecular weight excluding hydrogens is 387 g/mol. The number of nitrogens with two attached hydrogens (primary N) is 1. The molecule has 5 nitrogen and oxygen atoms in total. The van der Waals surface area contributed by atoms with Gasteiger partial charge in [0.1, 0.15) is 11.1 Å². The van der Waals surface area contributed by atoms with Crippen LogP contribution in [0.15, 0.2) is 90.1 Å². The zero-order chi connectivity index (χ0) is 20.2. The van der Waals surface area contributed by atoms with Crippen LogP contribution in [0.3, 0.4) is 0 Å². The minimum absolute atomic E-state index is 0.336. The lowest BCUT2D eigenvalue weighted by molar-refractivity contribution is -0.117. The molecule has 0 aliphatic rings. The Morgan fingerprint density at radius 2 is 1.52 bits per heavy atom. The van der Waals surface area contributed by atoms with E-state index in [9.17, 15) is 9.18 Å². The number of aromatic nitrogens is 3. The van der Waals surface area contributed by atoms with Crippen molar-refractivity contribution in [1.29, 1.82) is 0 Å². The molecule has 0 radical (unpaired) electrons. The second kappa shape index (κ2) is 8.28. The maximum absolute atomic E-state index is 13.5. The highest BCUT2D eigenvalue weighted by molar-refractivity contribution is 8.00. The van der Waals surface area contributed by atoms with Crippen molar-refractivity contribution in [2.45, 2.75) is 10.4 Å². The second-order valence-electron chi connectivity index (χ2n) is 6.29. The fraction of sp³-hybridized carbons (Fsp3) is 0.0455. The molecule has 1 atom stereocenters. The lowest BCUT2D eigenvalue weighted by atomic mass is 10.1. The van der Waals surface area contributed by atoms with Gasteiger partial charge in [0.25, 0.3) is 0 Å². The molecular formula is C22H17FN4OS. The summed E-state index contributed by atoms with van der Waals surface area (Å²) >= 11 is 1.21. The highest BCUT2D eigenvalue weighted by Gasteiger charge is 2.24. The van der Waals surface area contributed by atoms with Gasteiger partial charge in [-0.3, -0.25) is 9.36 Å². The van der Waals surface area contributed by atoms with Crippen molar-refractivity contribution in [3.63, 3.8) is 0 Å². The Labute approximate surface area is 171 Å². The van der Waals surface area contributed by atoms with Gasteiger partial charge >= 0.3 is 0 Å². The molecule has 0 saturated heterocycles. The molecule has 0 fully saturated rings. The van der Waals surface area contributed by atoms with Crippen LogP contribution in [0, 0.1) is 5.82 Å². The molecule has 1 unspecified atom stereocenters. The zero-order valence-electron chi connectivity index (χ0n) is 15.3. The number of nitrogens with zero attached hydrogens (tertiary/aromatic N) is 3. The molecule has 2 N–H and O–H groups in total. The van der Waals surface area contributed by atoms with Gasteiger partial charge in [0.15, 0.2) is 11.0 Å². The van der Waals surface area contributed by atoms with E-state index in [1.165, 1.54) is 23.9 Å². The van der Waals surface area contributed by atoms with E-state index in [1.54, 1.807) is 16.7 Å². The Kier molecular flexibility index (Phi) is 5.39. The molecule has 3 aromatic carbocycles. The van der Waals surface area contributed by atoms with Gasteiger partial charge in [0, 0.05) is 11.3 Å². The van der Waals surface area contributed by atoms with Crippen LogP contribution < -0.4 is 5.73 Å². The van der Waals surface area contributed by atoms with Gasteiger partial charge in [-0.05, 0) is 29.8 Å². The topological polar surface area (TPSA) is 73.8 Å². The van der Waals surface area contributed by atoms with E-state index in [0.29, 0.717) is 16.7 Å². The molecule has 0 saturated carbocycles. The molecule has 1 aromatic heterocycles. The van der Waals surface area contributed by atoms with Gasteiger partial charge in [-0.15, -0.1) is 10.2 Å². The highest BCUT2D eigenvalue weighted by Crippen LogP contribution is 2.37. The normalized spacial score (nSPS) is 11.9. The van der Waals surface area contributed by atoms with E-state index in [-0.39, 0.29) is 5.82 Å². The summed E-state index contributed by atoms with van der Waals surface area (Å²) in [6.07, 6.45) is 0. The lowest BCUT2D eigenvalue weighted by Gasteiger charge is -2.15. The smallest absolute Gasteiger partial charge is 0.235 e. The number of primary amides is 1. The van der Waals surface area contributed by atoms with Gasteiger partial charge in [0.05, 0.1) is 0 Å². The fourth-order valence-corrected chi connectivity index (χ4v) is 3.97. The van der Waals surface area contributed by atoms with Gasteiger partial charge in [0.2, 0.25) is 5.91 Å². The summed E-state index contributed by atoms with van der Waals surface area (Å²) in [5.41, 5.74) is 8.00. The number of carbonyl (C=O) groups excluding carboxylic acids is 1. The number of hydrogen-bond acceptors (Lipinski definition) is 4. The van der Waals surface area contributed by atoms with Crippen molar-refractivity contribution in [3.8, 4) is 17.1 Å². The van der Waals surface area contributed by atoms with Crippen LogP contribution >= 0.6 is 11.8 Å². The Hall–Kier alpha value is -3.45. The summed E-state index contributed by atoms with van der Waals surface area (Å²) < 4.78 is 15.3. The molecule has 144 valence electrons. The maximum atomic E-state index is 13.5. The molecule has 1 heterocycles. The molecule has 7 heteroatoms. The first kappa shape index (κ1) is 18.9. The van der Waals surface area contributed by atoms with Crippen LogP contribution in [0.2, 0.25) is 0 Å². The predicted molar refractivity (Wildman–Crippen MR) is 111 cm³/mol. The van der Waals surface area contributed by atoms with Gasteiger partial charge < -0.3 is 5.73 Å². The molecule has 0 aliphatic heterocycles. The molecule has 1 amide bonds. The van der Waals surface area contributed by atoms with Crippen LogP contribution in [-0.2, 0) is 4.79 Å². The van der Waals surface area contributed by atoms with Crippen LogP contribution in [0.4, 0.5) is 4.39 Å². The van der Waals surface area contributed by atoms with E-state index < -0.39 is 11.2 Å². The predicted octanol–water partition coefficient (Wildman–Crippen LogP) is 4.39. The van der Waals surface area contributed by atoms with Gasteiger partial charge in [-0.25, -0.2) is 4.39 Å². The number of amides is 1. The summed E-state index contributed by atoms with van der Waals surface area (Å²) in [4.78, 5) is 12.2. The average molecular weight is 404 g/mol. The summed E-state index contributed by atoms with van der Waals surface area (Å²) in [7, 11) is 0. The van der Waals surface area contributed by atoms with Crippen molar-refractivity contribution in [3.05, 3.63) is 96.3 Å². The van der Waals surface area contributed by atoms with Crippen LogP contribution in [-0.4, -0.2) is 20.7 Å².